The van der Waals surface area contributed by atoms with Crippen LogP contribution in [0.2, 0.25) is 0 Å². The summed E-state index contributed by atoms with van der Waals surface area (Å²) >= 11 is 0. The Kier molecular flexibility index (Phi) is 5.70. The monoisotopic (exact) mass is 277 g/mol. The van der Waals surface area contributed by atoms with Gasteiger partial charge < -0.3 is 10.1 Å². The molecule has 0 saturated heterocycles. The molecular weight excluding hydrogens is 264 g/mol. The van der Waals surface area contributed by atoms with Crippen molar-refractivity contribution in [3.63, 3.8) is 0 Å². The molecular formula is C11H13F2NO3S. The van der Waals surface area contributed by atoms with Crippen molar-refractivity contribution in [1.29, 1.82) is 0 Å². The van der Waals surface area contributed by atoms with Crippen LogP contribution in [0, 0.1) is 0 Å². The van der Waals surface area contributed by atoms with Gasteiger partial charge in [0.1, 0.15) is 11.5 Å². The van der Waals surface area contributed by atoms with E-state index in [2.05, 4.69) is 10.1 Å². The zero-order valence-electron chi connectivity index (χ0n) is 9.69. The lowest BCUT2D eigenvalue weighted by Gasteiger charge is -2.06. The van der Waals surface area contributed by atoms with Gasteiger partial charge in [-0.25, -0.2) is 0 Å². The lowest BCUT2D eigenvalue weighted by molar-refractivity contribution is -0.118. The minimum atomic E-state index is -2.89. The van der Waals surface area contributed by atoms with Crippen LogP contribution in [0.1, 0.15) is 5.56 Å². The molecule has 1 rings (SSSR count). The summed E-state index contributed by atoms with van der Waals surface area (Å²) in [5.74, 6) is -0.308. The Bertz CT molecular complexity index is 440. The van der Waals surface area contributed by atoms with Crippen molar-refractivity contribution in [3.8, 4) is 5.75 Å². The van der Waals surface area contributed by atoms with Crippen LogP contribution in [-0.2, 0) is 21.3 Å². The third-order valence-electron chi connectivity index (χ3n) is 2.02. The molecule has 7 heteroatoms. The van der Waals surface area contributed by atoms with E-state index in [-0.39, 0.29) is 23.2 Å². The van der Waals surface area contributed by atoms with E-state index >= 15 is 0 Å². The van der Waals surface area contributed by atoms with E-state index in [0.29, 0.717) is 5.56 Å². The number of benzene rings is 1. The number of nitrogens with one attached hydrogen (secondary N) is 1. The van der Waals surface area contributed by atoms with Gasteiger partial charge in [-0.2, -0.15) is 8.78 Å². The van der Waals surface area contributed by atoms with Crippen LogP contribution in [-0.4, -0.2) is 29.5 Å². The average Bonchev–Trinajstić information content (AvgIpc) is 2.28. The predicted molar refractivity (Wildman–Crippen MR) is 63.9 cm³/mol. The van der Waals surface area contributed by atoms with Crippen molar-refractivity contribution in [2.75, 3.05) is 12.8 Å². The topological polar surface area (TPSA) is 55.4 Å². The molecule has 100 valence electrons. The molecule has 0 saturated carbocycles. The highest BCUT2D eigenvalue weighted by Crippen LogP contribution is 2.17. The molecule has 0 aliphatic carbocycles. The number of halogens is 2. The Morgan fingerprint density at radius 1 is 1.50 bits per heavy atom. The van der Waals surface area contributed by atoms with Crippen LogP contribution in [0.25, 0.3) is 0 Å². The molecule has 18 heavy (non-hydrogen) atoms. The first-order valence-electron chi connectivity index (χ1n) is 5.10. The fourth-order valence-corrected chi connectivity index (χ4v) is 2.36. The Balaban J connectivity index is 2.61. The third kappa shape index (κ3) is 5.22. The van der Waals surface area contributed by atoms with Gasteiger partial charge in [0.2, 0.25) is 5.91 Å². The van der Waals surface area contributed by atoms with Crippen molar-refractivity contribution < 1.29 is 22.5 Å². The molecule has 0 aliphatic rings. The summed E-state index contributed by atoms with van der Waals surface area (Å²) in [4.78, 5) is 11.0. The maximum atomic E-state index is 12.0. The molecule has 0 unspecified atom stereocenters. The maximum absolute atomic E-state index is 12.0. The lowest BCUT2D eigenvalue weighted by Crippen LogP contribution is -2.24. The second-order valence-corrected chi connectivity index (χ2v) is 4.88. The number of carbonyl (C=O) groups is 1. The van der Waals surface area contributed by atoms with Gasteiger partial charge in [-0.1, -0.05) is 12.1 Å². The minimum absolute atomic E-state index is 0.0134. The first-order valence-corrected chi connectivity index (χ1v) is 6.59. The number of hydrogen-bond acceptors (Lipinski definition) is 3. The van der Waals surface area contributed by atoms with E-state index in [9.17, 15) is 17.8 Å². The van der Waals surface area contributed by atoms with Crippen molar-refractivity contribution in [3.05, 3.63) is 29.8 Å². The molecule has 0 radical (unpaired) electrons. The summed E-state index contributed by atoms with van der Waals surface area (Å²) in [6.45, 7) is -2.89. The predicted octanol–water partition coefficient (Wildman–Crippen LogP) is 1.28. The van der Waals surface area contributed by atoms with Gasteiger partial charge >= 0.3 is 6.61 Å². The molecule has 4 nitrogen and oxygen atoms in total. The lowest BCUT2D eigenvalue weighted by atomic mass is 10.2. The summed E-state index contributed by atoms with van der Waals surface area (Å²) < 4.78 is 39.8. The smallest absolute Gasteiger partial charge is 0.387 e. The van der Waals surface area contributed by atoms with E-state index in [1.54, 1.807) is 6.07 Å². The SMILES string of the molecule is CNC(=O)C[S@](=O)Cc1cccc(OC(F)F)c1. The summed E-state index contributed by atoms with van der Waals surface area (Å²) in [6, 6.07) is 5.94. The summed E-state index contributed by atoms with van der Waals surface area (Å²) in [5.41, 5.74) is 0.579. The molecule has 1 aromatic carbocycles. The van der Waals surface area contributed by atoms with E-state index in [4.69, 9.17) is 0 Å². The minimum Gasteiger partial charge on any atom is -0.435 e. The largest absolute Gasteiger partial charge is 0.435 e. The van der Waals surface area contributed by atoms with Crippen LogP contribution in [0.5, 0.6) is 5.75 Å². The maximum Gasteiger partial charge on any atom is 0.387 e. The molecule has 1 aromatic rings. The molecule has 0 bridgehead atoms. The van der Waals surface area contributed by atoms with Crippen molar-refractivity contribution in [1.82, 2.24) is 5.32 Å². The average molecular weight is 277 g/mol. The van der Waals surface area contributed by atoms with Crippen molar-refractivity contribution >= 4 is 16.7 Å². The van der Waals surface area contributed by atoms with Crippen LogP contribution in [0.3, 0.4) is 0 Å². The third-order valence-corrected chi connectivity index (χ3v) is 3.26. The highest BCUT2D eigenvalue weighted by atomic mass is 32.2. The Labute approximate surface area is 106 Å². The van der Waals surface area contributed by atoms with E-state index in [0.717, 1.165) is 0 Å². The normalized spacial score (nSPS) is 12.2. The second kappa shape index (κ2) is 7.05. The highest BCUT2D eigenvalue weighted by Gasteiger charge is 2.09. The number of ether oxygens (including phenoxy) is 1. The molecule has 0 heterocycles. The van der Waals surface area contributed by atoms with Gasteiger partial charge in [0.25, 0.3) is 0 Å². The number of alkyl halides is 2. The fourth-order valence-electron chi connectivity index (χ4n) is 1.27. The molecule has 1 amide bonds. The Hall–Kier alpha value is -1.50. The zero-order valence-corrected chi connectivity index (χ0v) is 10.5. The Morgan fingerprint density at radius 3 is 2.83 bits per heavy atom. The van der Waals surface area contributed by atoms with Gasteiger partial charge in [-0.15, -0.1) is 0 Å². The first kappa shape index (κ1) is 14.6. The van der Waals surface area contributed by atoms with Crippen LogP contribution >= 0.6 is 0 Å². The molecule has 0 fully saturated rings. The summed E-state index contributed by atoms with van der Waals surface area (Å²) in [7, 11) is 0.0780. The molecule has 0 aliphatic heterocycles. The van der Waals surface area contributed by atoms with E-state index < -0.39 is 17.4 Å². The Morgan fingerprint density at radius 2 is 2.22 bits per heavy atom. The quantitative estimate of drug-likeness (QED) is 0.852. The summed E-state index contributed by atoms with van der Waals surface area (Å²) in [6.07, 6.45) is 0. The number of rotatable bonds is 6. The van der Waals surface area contributed by atoms with Crippen molar-refractivity contribution in [2.45, 2.75) is 12.4 Å². The summed E-state index contributed by atoms with van der Waals surface area (Å²) in [5, 5.41) is 2.36. The van der Waals surface area contributed by atoms with Gasteiger partial charge in [0, 0.05) is 23.6 Å². The molecule has 0 spiro atoms. The molecule has 1 N–H and O–H groups in total. The van der Waals surface area contributed by atoms with Crippen LogP contribution in [0.4, 0.5) is 8.78 Å². The number of hydrogen-bond donors (Lipinski definition) is 1. The van der Waals surface area contributed by atoms with Crippen molar-refractivity contribution in [2.24, 2.45) is 0 Å². The van der Waals surface area contributed by atoms with E-state index in [1.807, 2.05) is 0 Å². The first-order chi connectivity index (χ1) is 8.51. The van der Waals surface area contributed by atoms with Crippen LogP contribution in [0.15, 0.2) is 24.3 Å². The van der Waals surface area contributed by atoms with Gasteiger partial charge in [0.05, 0.1) is 0 Å². The van der Waals surface area contributed by atoms with Gasteiger partial charge in [-0.05, 0) is 17.7 Å². The van der Waals surface area contributed by atoms with Gasteiger partial charge in [-0.3, -0.25) is 9.00 Å². The molecule has 0 aromatic heterocycles. The molecule has 1 atom stereocenters. The highest BCUT2D eigenvalue weighted by molar-refractivity contribution is 7.84. The zero-order chi connectivity index (χ0) is 13.5. The van der Waals surface area contributed by atoms with Crippen LogP contribution < -0.4 is 10.1 Å². The van der Waals surface area contributed by atoms with Gasteiger partial charge in [0.15, 0.2) is 0 Å². The second-order valence-electron chi connectivity index (χ2n) is 3.43. The number of amides is 1. The number of carbonyl (C=O) groups excluding carboxylic acids is 1. The standard InChI is InChI=1S/C11H13F2NO3S/c1-14-10(15)7-18(16)6-8-3-2-4-9(5-8)17-11(12)13/h2-5,11H,6-7H2,1H3,(H,14,15)/t18-/m1/s1. The fraction of sp³-hybridized carbons (Fsp3) is 0.364. The van der Waals surface area contributed by atoms with E-state index in [1.165, 1.54) is 25.2 Å².